The molecule has 1 atom stereocenters. The Morgan fingerprint density at radius 2 is 2.15 bits per heavy atom. The van der Waals surface area contributed by atoms with E-state index in [1.807, 2.05) is 24.3 Å². The first kappa shape index (κ1) is 15.8. The van der Waals surface area contributed by atoms with Crippen LogP contribution in [0, 0.1) is 5.92 Å². The minimum Gasteiger partial charge on any atom is -0.388 e. The second-order valence-electron chi connectivity index (χ2n) is 5.68. The zero-order chi connectivity index (χ0) is 14.4. The summed E-state index contributed by atoms with van der Waals surface area (Å²) in [4.78, 5) is 2.31. The van der Waals surface area contributed by atoms with Gasteiger partial charge >= 0.3 is 0 Å². The number of halogens is 1. The van der Waals surface area contributed by atoms with E-state index < -0.39 is 6.10 Å². The largest absolute Gasteiger partial charge is 0.388 e. The molecule has 1 N–H and O–H groups in total. The first-order valence-corrected chi connectivity index (χ1v) is 7.73. The van der Waals surface area contributed by atoms with Crippen molar-refractivity contribution in [2.45, 2.75) is 25.4 Å². The summed E-state index contributed by atoms with van der Waals surface area (Å²) < 4.78 is 5.38. The summed E-state index contributed by atoms with van der Waals surface area (Å²) in [5.41, 5.74) is 0.900. The molecule has 1 aromatic carbocycles. The van der Waals surface area contributed by atoms with Crippen LogP contribution in [-0.2, 0) is 4.74 Å². The van der Waals surface area contributed by atoms with Gasteiger partial charge in [0.1, 0.15) is 0 Å². The molecule has 1 aromatic rings. The zero-order valence-corrected chi connectivity index (χ0v) is 12.9. The van der Waals surface area contributed by atoms with Crippen LogP contribution in [0.2, 0.25) is 5.02 Å². The van der Waals surface area contributed by atoms with Crippen molar-refractivity contribution in [2.24, 2.45) is 5.92 Å². The Labute approximate surface area is 126 Å². The summed E-state index contributed by atoms with van der Waals surface area (Å²) in [7, 11) is 2.13. The predicted molar refractivity (Wildman–Crippen MR) is 82.1 cm³/mol. The lowest BCUT2D eigenvalue weighted by atomic mass is 9.99. The molecule has 0 amide bonds. The highest BCUT2D eigenvalue weighted by atomic mass is 35.5. The third-order valence-corrected chi connectivity index (χ3v) is 4.16. The van der Waals surface area contributed by atoms with E-state index in [0.29, 0.717) is 5.02 Å². The van der Waals surface area contributed by atoms with Crippen molar-refractivity contribution in [3.8, 4) is 0 Å². The smallest absolute Gasteiger partial charge is 0.0802 e. The van der Waals surface area contributed by atoms with Crippen molar-refractivity contribution in [1.29, 1.82) is 0 Å². The number of aliphatic hydroxyl groups excluding tert-OH is 1. The molecular weight excluding hydrogens is 274 g/mol. The Morgan fingerprint density at radius 1 is 1.40 bits per heavy atom. The van der Waals surface area contributed by atoms with Crippen molar-refractivity contribution in [2.75, 3.05) is 33.4 Å². The van der Waals surface area contributed by atoms with E-state index in [9.17, 15) is 5.11 Å². The highest BCUT2D eigenvalue weighted by molar-refractivity contribution is 6.30. The highest BCUT2D eigenvalue weighted by Gasteiger charge is 2.16. The first-order valence-electron chi connectivity index (χ1n) is 7.35. The lowest BCUT2D eigenvalue weighted by molar-refractivity contribution is 0.0534. The van der Waals surface area contributed by atoms with Crippen LogP contribution < -0.4 is 0 Å². The molecule has 2 rings (SSSR count). The van der Waals surface area contributed by atoms with E-state index in [1.165, 1.54) is 0 Å². The fourth-order valence-electron chi connectivity index (χ4n) is 2.68. The molecule has 20 heavy (non-hydrogen) atoms. The number of nitrogens with zero attached hydrogens (tertiary/aromatic N) is 1. The predicted octanol–water partition coefficient (Wildman–Crippen LogP) is 3.12. The molecule has 1 heterocycles. The molecule has 0 bridgehead atoms. The average Bonchev–Trinajstić information content (AvgIpc) is 2.46. The third-order valence-electron chi connectivity index (χ3n) is 3.93. The molecule has 1 aliphatic heterocycles. The molecule has 1 aliphatic rings. The Hall–Kier alpha value is -0.610. The maximum atomic E-state index is 10.2. The SMILES string of the molecule is CN(CCC(O)c1cccc(Cl)c1)CC1CCOCC1. The van der Waals surface area contributed by atoms with Gasteiger partial charge in [0, 0.05) is 31.3 Å². The number of benzene rings is 1. The lowest BCUT2D eigenvalue weighted by Gasteiger charge is -2.27. The molecule has 1 unspecified atom stereocenters. The maximum absolute atomic E-state index is 10.2. The van der Waals surface area contributed by atoms with Crippen molar-refractivity contribution < 1.29 is 9.84 Å². The Bertz CT molecular complexity index is 407. The van der Waals surface area contributed by atoms with Crippen LogP contribution in [0.1, 0.15) is 30.9 Å². The fraction of sp³-hybridized carbons (Fsp3) is 0.625. The van der Waals surface area contributed by atoms with E-state index in [2.05, 4.69) is 11.9 Å². The van der Waals surface area contributed by atoms with Gasteiger partial charge < -0.3 is 14.7 Å². The van der Waals surface area contributed by atoms with Gasteiger partial charge in [-0.3, -0.25) is 0 Å². The molecule has 1 saturated heterocycles. The van der Waals surface area contributed by atoms with Crippen molar-refractivity contribution in [3.63, 3.8) is 0 Å². The van der Waals surface area contributed by atoms with Crippen molar-refractivity contribution in [3.05, 3.63) is 34.9 Å². The molecule has 0 saturated carbocycles. The molecule has 112 valence electrons. The summed E-state index contributed by atoms with van der Waals surface area (Å²) in [5.74, 6) is 0.733. The number of ether oxygens (including phenoxy) is 1. The van der Waals surface area contributed by atoms with Crippen LogP contribution in [0.25, 0.3) is 0 Å². The van der Waals surface area contributed by atoms with Crippen LogP contribution in [0.5, 0.6) is 0 Å². The molecule has 4 heteroatoms. The van der Waals surface area contributed by atoms with Crippen LogP contribution in [-0.4, -0.2) is 43.4 Å². The molecular formula is C16H24ClNO2. The van der Waals surface area contributed by atoms with Crippen LogP contribution >= 0.6 is 11.6 Å². The van der Waals surface area contributed by atoms with Gasteiger partial charge in [-0.25, -0.2) is 0 Å². The van der Waals surface area contributed by atoms with Gasteiger partial charge in [0.25, 0.3) is 0 Å². The van der Waals surface area contributed by atoms with Crippen LogP contribution in [0.4, 0.5) is 0 Å². The normalized spacial score (nSPS) is 18.4. The van der Waals surface area contributed by atoms with E-state index >= 15 is 0 Å². The molecule has 0 radical (unpaired) electrons. The Kier molecular flexibility index (Phi) is 6.30. The molecule has 0 aromatic heterocycles. The summed E-state index contributed by atoms with van der Waals surface area (Å²) in [6.07, 6.45) is 2.61. The molecule has 0 aliphatic carbocycles. The standard InChI is InChI=1S/C16H24ClNO2/c1-18(12-13-6-9-20-10-7-13)8-5-16(19)14-3-2-4-15(17)11-14/h2-4,11,13,16,19H,5-10,12H2,1H3. The van der Waals surface area contributed by atoms with Gasteiger partial charge in [-0.2, -0.15) is 0 Å². The number of hydrogen-bond donors (Lipinski definition) is 1. The van der Waals surface area contributed by atoms with Crippen molar-refractivity contribution in [1.82, 2.24) is 4.90 Å². The van der Waals surface area contributed by atoms with Crippen LogP contribution in [0.3, 0.4) is 0 Å². The number of hydrogen-bond acceptors (Lipinski definition) is 3. The maximum Gasteiger partial charge on any atom is 0.0802 e. The second-order valence-corrected chi connectivity index (χ2v) is 6.11. The van der Waals surface area contributed by atoms with E-state index in [0.717, 1.165) is 57.0 Å². The molecule has 0 spiro atoms. The van der Waals surface area contributed by atoms with Gasteiger partial charge in [0.05, 0.1) is 6.10 Å². The zero-order valence-electron chi connectivity index (χ0n) is 12.1. The van der Waals surface area contributed by atoms with Crippen LogP contribution in [0.15, 0.2) is 24.3 Å². The van der Waals surface area contributed by atoms with Gasteiger partial charge in [0.15, 0.2) is 0 Å². The van der Waals surface area contributed by atoms with Gasteiger partial charge in [0.2, 0.25) is 0 Å². The highest BCUT2D eigenvalue weighted by Crippen LogP contribution is 2.21. The van der Waals surface area contributed by atoms with Gasteiger partial charge in [-0.05, 0) is 49.9 Å². The van der Waals surface area contributed by atoms with E-state index in [-0.39, 0.29) is 0 Å². The molecule has 1 fully saturated rings. The van der Waals surface area contributed by atoms with E-state index in [4.69, 9.17) is 16.3 Å². The Balaban J connectivity index is 1.73. The Morgan fingerprint density at radius 3 is 2.85 bits per heavy atom. The lowest BCUT2D eigenvalue weighted by Crippen LogP contribution is -2.30. The third kappa shape index (κ3) is 5.06. The summed E-state index contributed by atoms with van der Waals surface area (Å²) in [6, 6.07) is 7.47. The van der Waals surface area contributed by atoms with Gasteiger partial charge in [-0.15, -0.1) is 0 Å². The quantitative estimate of drug-likeness (QED) is 0.876. The summed E-state index contributed by atoms with van der Waals surface area (Å²) in [6.45, 7) is 3.77. The monoisotopic (exact) mass is 297 g/mol. The fourth-order valence-corrected chi connectivity index (χ4v) is 2.88. The topological polar surface area (TPSA) is 32.7 Å². The minimum absolute atomic E-state index is 0.439. The van der Waals surface area contributed by atoms with Gasteiger partial charge in [-0.1, -0.05) is 23.7 Å². The van der Waals surface area contributed by atoms with E-state index in [1.54, 1.807) is 0 Å². The summed E-state index contributed by atoms with van der Waals surface area (Å²) >= 11 is 5.95. The second kappa shape index (κ2) is 7.99. The average molecular weight is 298 g/mol. The van der Waals surface area contributed by atoms with Crippen molar-refractivity contribution >= 4 is 11.6 Å². The minimum atomic E-state index is -0.439. The summed E-state index contributed by atoms with van der Waals surface area (Å²) in [5, 5.41) is 10.9. The molecule has 3 nitrogen and oxygen atoms in total. The number of rotatable bonds is 6. The first-order chi connectivity index (χ1) is 9.65. The number of aliphatic hydroxyl groups is 1.